The van der Waals surface area contributed by atoms with Crippen molar-refractivity contribution in [3.63, 3.8) is 0 Å². The van der Waals surface area contributed by atoms with E-state index in [-0.39, 0.29) is 0 Å². The first-order valence-electron chi connectivity index (χ1n) is 7.64. The van der Waals surface area contributed by atoms with Crippen LogP contribution in [0.25, 0.3) is 0 Å². The van der Waals surface area contributed by atoms with Gasteiger partial charge in [-0.15, -0.1) is 0 Å². The lowest BCUT2D eigenvalue weighted by molar-refractivity contribution is 0.263. The number of methoxy groups -OCH3 is 1. The largest absolute Gasteiger partial charge is 0.497 e. The van der Waals surface area contributed by atoms with E-state index in [0.717, 1.165) is 29.7 Å². The van der Waals surface area contributed by atoms with Gasteiger partial charge in [-0.1, -0.05) is 19.1 Å². The van der Waals surface area contributed by atoms with Gasteiger partial charge in [0.2, 0.25) is 0 Å². The topological polar surface area (TPSA) is 21.3 Å². The van der Waals surface area contributed by atoms with Crippen molar-refractivity contribution >= 4 is 0 Å². The second kappa shape index (κ2) is 5.54. The van der Waals surface area contributed by atoms with Crippen molar-refractivity contribution in [2.75, 3.05) is 7.11 Å². The Labute approximate surface area is 116 Å². The Hall–Kier alpha value is -1.02. The van der Waals surface area contributed by atoms with Crippen molar-refractivity contribution in [1.29, 1.82) is 0 Å². The molecule has 2 atom stereocenters. The smallest absolute Gasteiger partial charge is 0.119 e. The molecule has 0 saturated heterocycles. The van der Waals surface area contributed by atoms with E-state index in [0.29, 0.717) is 0 Å². The van der Waals surface area contributed by atoms with Crippen LogP contribution in [0.15, 0.2) is 24.3 Å². The highest BCUT2D eigenvalue weighted by atomic mass is 16.5. The molecule has 1 aromatic carbocycles. The average Bonchev–Trinajstić information content (AvgIpc) is 2.79. The van der Waals surface area contributed by atoms with Crippen molar-refractivity contribution in [3.8, 4) is 5.75 Å². The van der Waals surface area contributed by atoms with Crippen LogP contribution >= 0.6 is 0 Å². The molecule has 104 valence electrons. The van der Waals surface area contributed by atoms with Gasteiger partial charge in [0.1, 0.15) is 5.75 Å². The van der Waals surface area contributed by atoms with Gasteiger partial charge in [-0.05, 0) is 61.6 Å². The van der Waals surface area contributed by atoms with Gasteiger partial charge < -0.3 is 10.1 Å². The molecule has 2 unspecified atom stereocenters. The van der Waals surface area contributed by atoms with Crippen LogP contribution in [0.3, 0.4) is 0 Å². The van der Waals surface area contributed by atoms with E-state index < -0.39 is 0 Å². The van der Waals surface area contributed by atoms with Crippen LogP contribution in [0.5, 0.6) is 5.75 Å². The van der Waals surface area contributed by atoms with Crippen molar-refractivity contribution in [3.05, 3.63) is 29.8 Å². The summed E-state index contributed by atoms with van der Waals surface area (Å²) in [5, 5.41) is 3.84. The standard InChI is InChI=1S/C17H25NO/c1-12-6-7-15(8-12)18-16-9-14(10-16)13-4-3-5-17(11-13)19-2/h3-5,11-12,14-16,18H,6-10H2,1-2H3. The van der Waals surface area contributed by atoms with E-state index in [1.807, 2.05) is 6.07 Å². The van der Waals surface area contributed by atoms with Crippen molar-refractivity contribution < 1.29 is 4.74 Å². The molecule has 0 amide bonds. The van der Waals surface area contributed by atoms with E-state index >= 15 is 0 Å². The summed E-state index contributed by atoms with van der Waals surface area (Å²) in [6.45, 7) is 2.38. The summed E-state index contributed by atoms with van der Waals surface area (Å²) >= 11 is 0. The Morgan fingerprint density at radius 1 is 1.11 bits per heavy atom. The number of hydrogen-bond donors (Lipinski definition) is 1. The van der Waals surface area contributed by atoms with E-state index in [1.165, 1.54) is 37.7 Å². The van der Waals surface area contributed by atoms with Gasteiger partial charge in [-0.3, -0.25) is 0 Å². The molecule has 0 bridgehead atoms. The molecule has 2 heteroatoms. The minimum absolute atomic E-state index is 0.728. The number of benzene rings is 1. The molecule has 3 rings (SSSR count). The van der Waals surface area contributed by atoms with E-state index in [4.69, 9.17) is 4.74 Å². The molecule has 1 N–H and O–H groups in total. The molecule has 0 aromatic heterocycles. The monoisotopic (exact) mass is 259 g/mol. The Balaban J connectivity index is 1.49. The Morgan fingerprint density at radius 2 is 1.95 bits per heavy atom. The lowest BCUT2D eigenvalue weighted by atomic mass is 9.75. The van der Waals surface area contributed by atoms with E-state index in [2.05, 4.69) is 30.4 Å². The number of hydrogen-bond acceptors (Lipinski definition) is 2. The van der Waals surface area contributed by atoms with Crippen LogP contribution in [0, 0.1) is 5.92 Å². The van der Waals surface area contributed by atoms with Crippen molar-refractivity contribution in [2.45, 2.75) is 57.0 Å². The summed E-state index contributed by atoms with van der Waals surface area (Å²) < 4.78 is 5.30. The summed E-state index contributed by atoms with van der Waals surface area (Å²) in [4.78, 5) is 0. The summed E-state index contributed by atoms with van der Waals surface area (Å²) in [7, 11) is 1.74. The molecule has 2 nitrogen and oxygen atoms in total. The minimum Gasteiger partial charge on any atom is -0.497 e. The number of nitrogens with one attached hydrogen (secondary N) is 1. The molecular formula is C17H25NO. The molecule has 2 aliphatic rings. The highest BCUT2D eigenvalue weighted by Gasteiger charge is 2.33. The third-order valence-corrected chi connectivity index (χ3v) is 4.87. The summed E-state index contributed by atoms with van der Waals surface area (Å²) in [6, 6.07) is 10.1. The second-order valence-electron chi connectivity index (χ2n) is 6.42. The Kier molecular flexibility index (Phi) is 3.79. The van der Waals surface area contributed by atoms with Crippen LogP contribution in [0.2, 0.25) is 0 Å². The maximum atomic E-state index is 5.30. The third-order valence-electron chi connectivity index (χ3n) is 4.87. The Morgan fingerprint density at radius 3 is 2.63 bits per heavy atom. The maximum absolute atomic E-state index is 5.30. The first-order chi connectivity index (χ1) is 9.24. The van der Waals surface area contributed by atoms with Gasteiger partial charge in [0, 0.05) is 12.1 Å². The van der Waals surface area contributed by atoms with Gasteiger partial charge in [0.15, 0.2) is 0 Å². The molecular weight excluding hydrogens is 234 g/mol. The molecule has 0 radical (unpaired) electrons. The van der Waals surface area contributed by atoms with Crippen LogP contribution in [0.4, 0.5) is 0 Å². The lowest BCUT2D eigenvalue weighted by Gasteiger charge is -2.38. The molecule has 0 heterocycles. The number of ether oxygens (including phenoxy) is 1. The fraction of sp³-hybridized carbons (Fsp3) is 0.647. The van der Waals surface area contributed by atoms with Gasteiger partial charge in [-0.25, -0.2) is 0 Å². The normalized spacial score (nSPS) is 34.0. The molecule has 1 aromatic rings. The van der Waals surface area contributed by atoms with Crippen LogP contribution < -0.4 is 10.1 Å². The minimum atomic E-state index is 0.728. The van der Waals surface area contributed by atoms with E-state index in [1.54, 1.807) is 7.11 Å². The zero-order valence-electron chi connectivity index (χ0n) is 12.1. The average molecular weight is 259 g/mol. The van der Waals surface area contributed by atoms with Crippen molar-refractivity contribution in [1.82, 2.24) is 5.32 Å². The fourth-order valence-corrected chi connectivity index (χ4v) is 3.61. The third kappa shape index (κ3) is 2.94. The maximum Gasteiger partial charge on any atom is 0.119 e. The SMILES string of the molecule is COc1cccc(C2CC(NC3CCC(C)C3)C2)c1. The molecule has 2 aliphatic carbocycles. The molecule has 2 saturated carbocycles. The van der Waals surface area contributed by atoms with Gasteiger partial charge in [0.05, 0.1) is 7.11 Å². The van der Waals surface area contributed by atoms with Gasteiger partial charge in [0.25, 0.3) is 0 Å². The quantitative estimate of drug-likeness (QED) is 0.890. The van der Waals surface area contributed by atoms with Gasteiger partial charge in [-0.2, -0.15) is 0 Å². The predicted molar refractivity (Wildman–Crippen MR) is 78.7 cm³/mol. The first-order valence-corrected chi connectivity index (χ1v) is 7.64. The molecule has 19 heavy (non-hydrogen) atoms. The molecule has 0 aliphatic heterocycles. The summed E-state index contributed by atoms with van der Waals surface area (Å²) in [5.74, 6) is 2.64. The number of rotatable bonds is 4. The van der Waals surface area contributed by atoms with Crippen LogP contribution in [-0.4, -0.2) is 19.2 Å². The predicted octanol–water partition coefficient (Wildman–Crippen LogP) is 3.72. The Bertz CT molecular complexity index is 425. The highest BCUT2D eigenvalue weighted by molar-refractivity contribution is 5.32. The van der Waals surface area contributed by atoms with Gasteiger partial charge >= 0.3 is 0 Å². The molecule has 0 spiro atoms. The zero-order valence-corrected chi connectivity index (χ0v) is 12.1. The fourth-order valence-electron chi connectivity index (χ4n) is 3.61. The van der Waals surface area contributed by atoms with E-state index in [9.17, 15) is 0 Å². The summed E-state index contributed by atoms with van der Waals surface area (Å²) in [5.41, 5.74) is 1.44. The highest BCUT2D eigenvalue weighted by Crippen LogP contribution is 2.39. The first kappa shape index (κ1) is 13.0. The zero-order chi connectivity index (χ0) is 13.2. The second-order valence-corrected chi connectivity index (χ2v) is 6.42. The lowest BCUT2D eigenvalue weighted by Crippen LogP contribution is -2.44. The van der Waals surface area contributed by atoms with Crippen molar-refractivity contribution in [2.24, 2.45) is 5.92 Å². The summed E-state index contributed by atoms with van der Waals surface area (Å²) in [6.07, 6.45) is 6.74. The molecule has 2 fully saturated rings. The van der Waals surface area contributed by atoms with Crippen LogP contribution in [-0.2, 0) is 0 Å². The van der Waals surface area contributed by atoms with Crippen LogP contribution in [0.1, 0.15) is 50.5 Å².